The Morgan fingerprint density at radius 2 is 1.19 bits per heavy atom. The summed E-state index contributed by atoms with van der Waals surface area (Å²) >= 11 is 0. The molecule has 82 valence electrons. The second-order valence-electron chi connectivity index (χ2n) is 4.11. The molecule has 0 saturated heterocycles. The van der Waals surface area contributed by atoms with Crippen molar-refractivity contribution in [2.45, 2.75) is 12.8 Å². The molecule has 2 heterocycles. The molecule has 0 spiro atoms. The zero-order chi connectivity index (χ0) is 11.4. The minimum Gasteiger partial charge on any atom is -0.205 e. The van der Waals surface area contributed by atoms with E-state index in [2.05, 4.69) is 72.0 Å². The van der Waals surface area contributed by atoms with E-state index in [1.807, 2.05) is 0 Å². The smallest absolute Gasteiger partial charge is 0.181 e. The molecule has 0 atom stereocenters. The highest BCUT2D eigenvalue weighted by atomic mass is 14.9. The predicted molar refractivity (Wildman–Crippen MR) is 62.6 cm³/mol. The fourth-order valence-electron chi connectivity index (χ4n) is 1.89. The van der Waals surface area contributed by atoms with Crippen LogP contribution in [0.25, 0.3) is 0 Å². The van der Waals surface area contributed by atoms with Crippen molar-refractivity contribution >= 4 is 0 Å². The van der Waals surface area contributed by atoms with Crippen LogP contribution in [0.15, 0.2) is 48.8 Å². The van der Waals surface area contributed by atoms with Crippen LogP contribution in [-0.4, -0.2) is 0 Å². The van der Waals surface area contributed by atoms with Crippen LogP contribution in [0.3, 0.4) is 0 Å². The molecule has 2 heteroatoms. The van der Waals surface area contributed by atoms with E-state index in [0.717, 1.165) is 12.8 Å². The molecule has 0 fully saturated rings. The first kappa shape index (κ1) is 10.8. The quantitative estimate of drug-likeness (QED) is 0.677. The van der Waals surface area contributed by atoms with Crippen molar-refractivity contribution in [3.05, 3.63) is 60.2 Å². The van der Waals surface area contributed by atoms with Crippen LogP contribution >= 0.6 is 0 Å². The fourth-order valence-corrected chi connectivity index (χ4v) is 1.89. The Morgan fingerprint density at radius 1 is 0.750 bits per heavy atom. The van der Waals surface area contributed by atoms with Gasteiger partial charge in [-0.05, 0) is 0 Å². The van der Waals surface area contributed by atoms with Crippen LogP contribution in [0.4, 0.5) is 0 Å². The number of rotatable bonds is 3. The molecule has 0 aliphatic heterocycles. The lowest BCUT2D eigenvalue weighted by atomic mass is 10.1. The average molecular weight is 214 g/mol. The SMILES string of the molecule is C[n+]1ccccc1CCc1cccc[n+]1C. The van der Waals surface area contributed by atoms with Crippen molar-refractivity contribution in [1.82, 2.24) is 0 Å². The molecule has 0 unspecified atom stereocenters. The van der Waals surface area contributed by atoms with Crippen molar-refractivity contribution in [3.63, 3.8) is 0 Å². The van der Waals surface area contributed by atoms with Crippen LogP contribution in [-0.2, 0) is 26.9 Å². The molecular formula is C14H18N2+2. The van der Waals surface area contributed by atoms with Gasteiger partial charge in [0.25, 0.3) is 0 Å². The molecule has 2 nitrogen and oxygen atoms in total. The number of aromatic nitrogens is 2. The summed E-state index contributed by atoms with van der Waals surface area (Å²) in [5.74, 6) is 0. The molecule has 0 N–H and O–H groups in total. The normalized spacial score (nSPS) is 10.4. The van der Waals surface area contributed by atoms with Gasteiger partial charge in [-0.15, -0.1) is 0 Å². The van der Waals surface area contributed by atoms with Gasteiger partial charge < -0.3 is 0 Å². The minimum absolute atomic E-state index is 1.08. The standard InChI is InChI=1S/C14H18N2/c1-15-11-5-3-7-13(15)9-10-14-8-4-6-12-16(14)2/h3-8,11-12H,9-10H2,1-2H3/q+2. The third-order valence-electron chi connectivity index (χ3n) is 2.96. The number of hydrogen-bond donors (Lipinski definition) is 0. The molecule has 0 aromatic carbocycles. The maximum atomic E-state index is 2.18. The molecule has 0 aliphatic rings. The van der Waals surface area contributed by atoms with E-state index < -0.39 is 0 Å². The summed E-state index contributed by atoms with van der Waals surface area (Å²) in [6.07, 6.45) is 6.35. The molecule has 0 radical (unpaired) electrons. The van der Waals surface area contributed by atoms with E-state index in [1.165, 1.54) is 11.4 Å². The highest BCUT2D eigenvalue weighted by Gasteiger charge is 2.09. The number of pyridine rings is 2. The van der Waals surface area contributed by atoms with Gasteiger partial charge in [0, 0.05) is 37.1 Å². The Kier molecular flexibility index (Phi) is 3.30. The highest BCUT2D eigenvalue weighted by Crippen LogP contribution is 1.99. The predicted octanol–water partition coefficient (Wildman–Crippen LogP) is 1.12. The van der Waals surface area contributed by atoms with Gasteiger partial charge in [0.05, 0.1) is 0 Å². The molecule has 0 aliphatic carbocycles. The van der Waals surface area contributed by atoms with Crippen molar-refractivity contribution in [3.8, 4) is 0 Å². The largest absolute Gasteiger partial charge is 0.205 e. The van der Waals surface area contributed by atoms with Gasteiger partial charge in [0.15, 0.2) is 23.8 Å². The van der Waals surface area contributed by atoms with Gasteiger partial charge in [0.1, 0.15) is 14.1 Å². The second-order valence-corrected chi connectivity index (χ2v) is 4.11. The highest BCUT2D eigenvalue weighted by molar-refractivity contribution is 5.02. The summed E-state index contributed by atoms with van der Waals surface area (Å²) in [7, 11) is 4.20. The molecular weight excluding hydrogens is 196 g/mol. The van der Waals surface area contributed by atoms with Crippen LogP contribution in [0.1, 0.15) is 11.4 Å². The van der Waals surface area contributed by atoms with Crippen molar-refractivity contribution < 1.29 is 9.13 Å². The fraction of sp³-hybridized carbons (Fsp3) is 0.286. The Morgan fingerprint density at radius 3 is 1.56 bits per heavy atom. The zero-order valence-electron chi connectivity index (χ0n) is 9.93. The third-order valence-corrected chi connectivity index (χ3v) is 2.96. The Bertz CT molecular complexity index is 432. The maximum absolute atomic E-state index is 2.18. The van der Waals surface area contributed by atoms with Gasteiger partial charge in [-0.2, -0.15) is 0 Å². The maximum Gasteiger partial charge on any atom is 0.181 e. The number of hydrogen-bond acceptors (Lipinski definition) is 0. The van der Waals surface area contributed by atoms with Crippen molar-refractivity contribution in [2.24, 2.45) is 14.1 Å². The third kappa shape index (κ3) is 2.45. The molecule has 2 aromatic rings. The topological polar surface area (TPSA) is 7.76 Å². The lowest BCUT2D eigenvalue weighted by Crippen LogP contribution is -2.35. The van der Waals surface area contributed by atoms with Crippen LogP contribution < -0.4 is 9.13 Å². The molecule has 2 rings (SSSR count). The van der Waals surface area contributed by atoms with E-state index >= 15 is 0 Å². The lowest BCUT2D eigenvalue weighted by molar-refractivity contribution is -0.683. The van der Waals surface area contributed by atoms with Gasteiger partial charge in [-0.1, -0.05) is 12.1 Å². The van der Waals surface area contributed by atoms with Crippen LogP contribution in [0, 0.1) is 0 Å². The summed E-state index contributed by atoms with van der Waals surface area (Å²) in [6, 6.07) is 12.7. The van der Waals surface area contributed by atoms with E-state index in [-0.39, 0.29) is 0 Å². The molecule has 16 heavy (non-hydrogen) atoms. The molecule has 0 saturated carbocycles. The number of aryl methyl sites for hydroxylation is 4. The van der Waals surface area contributed by atoms with Crippen molar-refractivity contribution in [1.29, 1.82) is 0 Å². The monoisotopic (exact) mass is 214 g/mol. The minimum atomic E-state index is 1.08. The van der Waals surface area contributed by atoms with Gasteiger partial charge in [-0.3, -0.25) is 0 Å². The van der Waals surface area contributed by atoms with Crippen LogP contribution in [0.5, 0.6) is 0 Å². The Hall–Kier alpha value is -1.70. The Balaban J connectivity index is 2.09. The van der Waals surface area contributed by atoms with E-state index in [1.54, 1.807) is 0 Å². The average Bonchev–Trinajstić information content (AvgIpc) is 2.30. The first-order valence-electron chi connectivity index (χ1n) is 5.64. The summed E-state index contributed by atoms with van der Waals surface area (Å²) < 4.78 is 4.37. The summed E-state index contributed by atoms with van der Waals surface area (Å²) in [5.41, 5.74) is 2.73. The van der Waals surface area contributed by atoms with Crippen molar-refractivity contribution in [2.75, 3.05) is 0 Å². The van der Waals surface area contributed by atoms with E-state index in [9.17, 15) is 0 Å². The van der Waals surface area contributed by atoms with E-state index in [4.69, 9.17) is 0 Å². The Labute approximate surface area is 96.8 Å². The summed E-state index contributed by atoms with van der Waals surface area (Å²) in [6.45, 7) is 0. The lowest BCUT2D eigenvalue weighted by Gasteiger charge is -1.99. The zero-order valence-corrected chi connectivity index (χ0v) is 9.93. The van der Waals surface area contributed by atoms with Gasteiger partial charge >= 0.3 is 0 Å². The van der Waals surface area contributed by atoms with Gasteiger partial charge in [-0.25, -0.2) is 9.13 Å². The second kappa shape index (κ2) is 4.88. The molecule has 2 aromatic heterocycles. The number of nitrogens with zero attached hydrogens (tertiary/aromatic N) is 2. The van der Waals surface area contributed by atoms with E-state index in [0.29, 0.717) is 0 Å². The first-order chi connectivity index (χ1) is 7.77. The molecule has 0 bridgehead atoms. The summed E-state index contributed by atoms with van der Waals surface area (Å²) in [4.78, 5) is 0. The van der Waals surface area contributed by atoms with Gasteiger partial charge in [0.2, 0.25) is 0 Å². The summed E-state index contributed by atoms with van der Waals surface area (Å²) in [5, 5.41) is 0. The van der Waals surface area contributed by atoms with Crippen LogP contribution in [0.2, 0.25) is 0 Å². The molecule has 0 amide bonds. The first-order valence-corrected chi connectivity index (χ1v) is 5.64.